The van der Waals surface area contributed by atoms with Gasteiger partial charge in [0.25, 0.3) is 0 Å². The Labute approximate surface area is 120 Å². The van der Waals surface area contributed by atoms with E-state index < -0.39 is 24.7 Å². The third-order valence-corrected chi connectivity index (χ3v) is 2.70. The van der Waals surface area contributed by atoms with Crippen LogP contribution in [0.15, 0.2) is 18.2 Å². The number of alkyl halides is 2. The van der Waals surface area contributed by atoms with Crippen LogP contribution >= 0.6 is 12.4 Å². The minimum absolute atomic E-state index is 0. The predicted molar refractivity (Wildman–Crippen MR) is 68.7 cm³/mol. The van der Waals surface area contributed by atoms with Gasteiger partial charge in [-0.15, -0.1) is 12.4 Å². The van der Waals surface area contributed by atoms with Crippen molar-refractivity contribution < 1.29 is 28.2 Å². The molecule has 5 nitrogen and oxygen atoms in total. The number of hydrogen-bond acceptors (Lipinski definition) is 4. The van der Waals surface area contributed by atoms with E-state index in [-0.39, 0.29) is 36.1 Å². The Hall–Kier alpha value is -1.76. The number of halogens is 3. The summed E-state index contributed by atoms with van der Waals surface area (Å²) in [6.45, 7) is 1.01. The van der Waals surface area contributed by atoms with Gasteiger partial charge in [0.15, 0.2) is 18.1 Å². The first kappa shape index (κ1) is 16.3. The molecule has 1 fully saturated rings. The zero-order valence-electron chi connectivity index (χ0n) is 10.6. The van der Waals surface area contributed by atoms with Crippen molar-refractivity contribution >= 4 is 18.5 Å². The molecule has 20 heavy (non-hydrogen) atoms. The highest BCUT2D eigenvalue weighted by atomic mass is 35.5. The molecule has 0 unspecified atom stereocenters. The van der Waals surface area contributed by atoms with Crippen LogP contribution in [0.25, 0.3) is 0 Å². The summed E-state index contributed by atoms with van der Waals surface area (Å²) in [7, 11) is 0. The highest BCUT2D eigenvalue weighted by Crippen LogP contribution is 2.37. The molecule has 0 radical (unpaired) electrons. The van der Waals surface area contributed by atoms with E-state index >= 15 is 0 Å². The second-order valence-corrected chi connectivity index (χ2v) is 4.07. The molecular formula is C12H14ClF2NO4. The van der Waals surface area contributed by atoms with Crippen molar-refractivity contribution in [2.75, 3.05) is 13.2 Å². The molecule has 1 saturated heterocycles. The van der Waals surface area contributed by atoms with Crippen molar-refractivity contribution in [3.05, 3.63) is 23.8 Å². The van der Waals surface area contributed by atoms with Gasteiger partial charge in [-0.1, -0.05) is 6.07 Å². The first-order chi connectivity index (χ1) is 8.94. The van der Waals surface area contributed by atoms with Crippen LogP contribution in [0.2, 0.25) is 0 Å². The Kier molecular flexibility index (Phi) is 4.99. The van der Waals surface area contributed by atoms with Crippen molar-refractivity contribution in [3.8, 4) is 11.5 Å². The number of hydrogen-bond donors (Lipinski definition) is 2. The largest absolute Gasteiger partial charge is 0.504 e. The lowest BCUT2D eigenvalue weighted by molar-refractivity contribution is -0.104. The lowest BCUT2D eigenvalue weighted by atomic mass is 9.99. The van der Waals surface area contributed by atoms with Crippen LogP contribution in [-0.2, 0) is 4.74 Å². The maximum atomic E-state index is 13.7. The summed E-state index contributed by atoms with van der Waals surface area (Å²) in [5, 5.41) is 11.6. The molecule has 1 aliphatic heterocycles. The molecule has 0 spiro atoms. The lowest BCUT2D eigenvalue weighted by Gasteiger charge is -2.32. The summed E-state index contributed by atoms with van der Waals surface area (Å²) in [5.41, 5.74) is 0.142. The minimum atomic E-state index is -3.23. The number of nitrogens with one attached hydrogen (secondary N) is 1. The quantitative estimate of drug-likeness (QED) is 0.900. The number of benzene rings is 1. The van der Waals surface area contributed by atoms with Gasteiger partial charge in [0.1, 0.15) is 6.04 Å². The first-order valence-corrected chi connectivity index (χ1v) is 5.71. The Morgan fingerprint density at radius 2 is 2.25 bits per heavy atom. The summed E-state index contributed by atoms with van der Waals surface area (Å²) in [5.74, 6) is -3.28. The molecule has 0 aliphatic carbocycles. The normalized spacial score (nSPS) is 20.4. The molecule has 1 amide bonds. The van der Waals surface area contributed by atoms with Crippen molar-refractivity contribution in [2.45, 2.75) is 18.9 Å². The molecule has 8 heteroatoms. The number of amides is 1. The van der Waals surface area contributed by atoms with Crippen LogP contribution in [0.5, 0.6) is 11.5 Å². The summed E-state index contributed by atoms with van der Waals surface area (Å²) in [6.07, 6.45) is -0.901. The van der Waals surface area contributed by atoms with Crippen molar-refractivity contribution in [1.82, 2.24) is 5.32 Å². The minimum Gasteiger partial charge on any atom is -0.504 e. The van der Waals surface area contributed by atoms with Crippen molar-refractivity contribution in [1.29, 1.82) is 0 Å². The zero-order chi connectivity index (χ0) is 14.0. The number of rotatable bonds is 3. The van der Waals surface area contributed by atoms with Gasteiger partial charge in [0.05, 0.1) is 6.61 Å². The summed E-state index contributed by atoms with van der Waals surface area (Å²) >= 11 is 0. The maximum absolute atomic E-state index is 13.7. The Morgan fingerprint density at radius 1 is 1.55 bits per heavy atom. The van der Waals surface area contributed by atoms with E-state index in [2.05, 4.69) is 10.1 Å². The zero-order valence-corrected chi connectivity index (χ0v) is 11.4. The third-order valence-electron chi connectivity index (χ3n) is 2.70. The van der Waals surface area contributed by atoms with Crippen molar-refractivity contribution in [2.24, 2.45) is 0 Å². The van der Waals surface area contributed by atoms with Crippen LogP contribution in [0, 0.1) is 0 Å². The van der Waals surface area contributed by atoms with Crippen molar-refractivity contribution in [3.63, 3.8) is 0 Å². The van der Waals surface area contributed by atoms with Crippen LogP contribution in [0.1, 0.15) is 18.5 Å². The van der Waals surface area contributed by atoms with Gasteiger partial charge < -0.3 is 19.9 Å². The Bertz CT molecular complexity index is 498. The molecule has 1 aromatic carbocycles. The molecule has 1 atom stereocenters. The Balaban J connectivity index is 0.00000200. The number of cyclic esters (lactones) is 1. The number of alkyl carbamates (subject to hydrolysis) is 1. The van der Waals surface area contributed by atoms with Gasteiger partial charge in [-0.2, -0.15) is 0 Å². The van der Waals surface area contributed by atoms with Crippen LogP contribution < -0.4 is 10.1 Å². The highest BCUT2D eigenvalue weighted by Gasteiger charge is 2.46. The number of phenolic OH excluding ortho intramolecular Hbond substituents is 1. The fourth-order valence-electron chi connectivity index (χ4n) is 1.82. The van der Waals surface area contributed by atoms with E-state index in [9.17, 15) is 18.7 Å². The standard InChI is InChI=1S/C12H13F2NO4.ClH/c1-2-18-9-5-7(3-4-8(9)16)10-12(13,14)6-19-11(17)15-10;/h3-5,10,16H,2,6H2,1H3,(H,15,17);1H/t10-;/m0./s1. The second-order valence-electron chi connectivity index (χ2n) is 4.07. The van der Waals surface area contributed by atoms with E-state index in [1.807, 2.05) is 0 Å². The van der Waals surface area contributed by atoms with Gasteiger partial charge in [-0.25, -0.2) is 13.6 Å². The van der Waals surface area contributed by atoms with Gasteiger partial charge in [-0.05, 0) is 24.6 Å². The summed E-state index contributed by atoms with van der Waals surface area (Å²) in [6, 6.07) is 2.33. The van der Waals surface area contributed by atoms with E-state index in [1.54, 1.807) is 6.92 Å². The molecule has 2 rings (SSSR count). The fraction of sp³-hybridized carbons (Fsp3) is 0.417. The molecule has 0 bridgehead atoms. The Morgan fingerprint density at radius 3 is 2.90 bits per heavy atom. The monoisotopic (exact) mass is 309 g/mol. The van der Waals surface area contributed by atoms with Gasteiger partial charge in [0.2, 0.25) is 0 Å². The first-order valence-electron chi connectivity index (χ1n) is 5.71. The highest BCUT2D eigenvalue weighted by molar-refractivity contribution is 5.85. The molecule has 0 saturated carbocycles. The molecule has 2 N–H and O–H groups in total. The average Bonchev–Trinajstić information content (AvgIpc) is 2.36. The number of phenols is 1. The van der Waals surface area contributed by atoms with E-state index in [0.29, 0.717) is 0 Å². The number of aromatic hydroxyl groups is 1. The van der Waals surface area contributed by atoms with Gasteiger partial charge in [0, 0.05) is 0 Å². The third kappa shape index (κ3) is 3.22. The van der Waals surface area contributed by atoms with E-state index in [4.69, 9.17) is 4.74 Å². The smallest absolute Gasteiger partial charge is 0.408 e. The van der Waals surface area contributed by atoms with E-state index in [1.165, 1.54) is 18.2 Å². The lowest BCUT2D eigenvalue weighted by Crippen LogP contribution is -2.49. The molecule has 0 aromatic heterocycles. The second kappa shape index (κ2) is 6.13. The van der Waals surface area contributed by atoms with Gasteiger partial charge >= 0.3 is 12.0 Å². The molecule has 1 heterocycles. The number of ether oxygens (including phenoxy) is 2. The maximum Gasteiger partial charge on any atom is 0.408 e. The van der Waals surface area contributed by atoms with Crippen LogP contribution in [0.3, 0.4) is 0 Å². The molecule has 112 valence electrons. The molecular weight excluding hydrogens is 296 g/mol. The average molecular weight is 310 g/mol. The topological polar surface area (TPSA) is 67.8 Å². The molecule has 1 aliphatic rings. The summed E-state index contributed by atoms with van der Waals surface area (Å²) < 4.78 is 36.8. The van der Waals surface area contributed by atoms with Crippen LogP contribution in [-0.4, -0.2) is 30.3 Å². The predicted octanol–water partition coefficient (Wildman–Crippen LogP) is 2.63. The van der Waals surface area contributed by atoms with Crippen LogP contribution in [0.4, 0.5) is 13.6 Å². The number of carbonyl (C=O) groups is 1. The van der Waals surface area contributed by atoms with E-state index in [0.717, 1.165) is 0 Å². The van der Waals surface area contributed by atoms with Gasteiger partial charge in [-0.3, -0.25) is 0 Å². The SMILES string of the molecule is CCOc1cc([C@@H]2NC(=O)OCC2(F)F)ccc1O.Cl. The fourth-order valence-corrected chi connectivity index (χ4v) is 1.82. The number of carbonyl (C=O) groups excluding carboxylic acids is 1. The summed E-state index contributed by atoms with van der Waals surface area (Å²) in [4.78, 5) is 11.1. The molecule has 1 aromatic rings.